The second kappa shape index (κ2) is 3.59. The minimum absolute atomic E-state index is 0.0932. The van der Waals surface area contributed by atoms with Crippen LogP contribution in [0.25, 0.3) is 11.1 Å². The van der Waals surface area contributed by atoms with Crippen molar-refractivity contribution in [2.45, 2.75) is 39.2 Å². The van der Waals surface area contributed by atoms with Crippen molar-refractivity contribution in [1.82, 2.24) is 4.98 Å². The molecule has 0 saturated heterocycles. The summed E-state index contributed by atoms with van der Waals surface area (Å²) in [7, 11) is 0. The Bertz CT molecular complexity index is 506. The van der Waals surface area contributed by atoms with E-state index in [0.29, 0.717) is 0 Å². The number of fused-ring (bicyclic) bond motifs is 1. The molecule has 3 nitrogen and oxygen atoms in total. The summed E-state index contributed by atoms with van der Waals surface area (Å²) in [6.45, 7) is 7.93. The standard InChI is InChI=1S/C13H17NO2/c1-8(15)9-5-6-11-10(7-9)14-12(16-11)13(2,3)4/h5-8,15H,1-4H3. The predicted molar refractivity (Wildman–Crippen MR) is 63.3 cm³/mol. The third-order valence-electron chi connectivity index (χ3n) is 2.54. The zero-order valence-electron chi connectivity index (χ0n) is 10.1. The van der Waals surface area contributed by atoms with Gasteiger partial charge in [0.05, 0.1) is 6.10 Å². The third kappa shape index (κ3) is 1.95. The van der Waals surface area contributed by atoms with Gasteiger partial charge in [0.1, 0.15) is 5.52 Å². The first-order chi connectivity index (χ1) is 7.38. The first kappa shape index (κ1) is 11.1. The van der Waals surface area contributed by atoms with E-state index in [4.69, 9.17) is 4.42 Å². The van der Waals surface area contributed by atoms with Crippen LogP contribution in [0.3, 0.4) is 0 Å². The van der Waals surface area contributed by atoms with Gasteiger partial charge in [-0.15, -0.1) is 0 Å². The molecule has 0 saturated carbocycles. The normalized spacial score (nSPS) is 14.3. The van der Waals surface area contributed by atoms with Gasteiger partial charge in [-0.25, -0.2) is 4.98 Å². The molecule has 1 heterocycles. The van der Waals surface area contributed by atoms with E-state index in [9.17, 15) is 5.11 Å². The fourth-order valence-corrected chi connectivity index (χ4v) is 1.53. The second-order valence-corrected chi connectivity index (χ2v) is 5.17. The summed E-state index contributed by atoms with van der Waals surface area (Å²) in [5.41, 5.74) is 2.35. The van der Waals surface area contributed by atoms with E-state index in [1.165, 1.54) is 0 Å². The lowest BCUT2D eigenvalue weighted by Gasteiger charge is -2.11. The quantitative estimate of drug-likeness (QED) is 0.801. The summed E-state index contributed by atoms with van der Waals surface area (Å²) in [5.74, 6) is 0.727. The highest BCUT2D eigenvalue weighted by Crippen LogP contribution is 2.27. The summed E-state index contributed by atoms with van der Waals surface area (Å²) in [5, 5.41) is 9.49. The number of aliphatic hydroxyl groups excluding tert-OH is 1. The van der Waals surface area contributed by atoms with Crippen molar-refractivity contribution in [3.8, 4) is 0 Å². The van der Waals surface area contributed by atoms with Crippen molar-refractivity contribution >= 4 is 11.1 Å². The molecule has 0 bridgehead atoms. The molecule has 1 aromatic carbocycles. The van der Waals surface area contributed by atoms with E-state index in [1.807, 2.05) is 18.2 Å². The van der Waals surface area contributed by atoms with Crippen LogP contribution in [0.4, 0.5) is 0 Å². The van der Waals surface area contributed by atoms with Gasteiger partial charge in [0.2, 0.25) is 5.89 Å². The van der Waals surface area contributed by atoms with E-state index in [0.717, 1.165) is 22.6 Å². The van der Waals surface area contributed by atoms with Crippen LogP contribution in [0.2, 0.25) is 0 Å². The Morgan fingerprint density at radius 1 is 1.31 bits per heavy atom. The van der Waals surface area contributed by atoms with E-state index in [1.54, 1.807) is 6.92 Å². The molecule has 1 aromatic heterocycles. The predicted octanol–water partition coefficient (Wildman–Crippen LogP) is 3.18. The summed E-state index contributed by atoms with van der Waals surface area (Å²) < 4.78 is 5.67. The van der Waals surface area contributed by atoms with Crippen molar-refractivity contribution < 1.29 is 9.52 Å². The average Bonchev–Trinajstić information content (AvgIpc) is 2.58. The molecule has 1 atom stereocenters. The molecule has 1 N–H and O–H groups in total. The van der Waals surface area contributed by atoms with Crippen LogP contribution in [0.15, 0.2) is 22.6 Å². The first-order valence-corrected chi connectivity index (χ1v) is 5.47. The maximum absolute atomic E-state index is 9.49. The number of rotatable bonds is 1. The number of aromatic nitrogens is 1. The molecule has 2 rings (SSSR count). The monoisotopic (exact) mass is 219 g/mol. The van der Waals surface area contributed by atoms with Gasteiger partial charge in [-0.1, -0.05) is 26.8 Å². The Hall–Kier alpha value is -1.35. The summed E-state index contributed by atoms with van der Waals surface area (Å²) in [6.07, 6.45) is -0.473. The smallest absolute Gasteiger partial charge is 0.200 e. The Morgan fingerprint density at radius 3 is 2.56 bits per heavy atom. The molecular weight excluding hydrogens is 202 g/mol. The van der Waals surface area contributed by atoms with E-state index >= 15 is 0 Å². The SMILES string of the molecule is CC(O)c1ccc2oc(C(C)(C)C)nc2c1. The molecule has 0 fully saturated rings. The highest BCUT2D eigenvalue weighted by molar-refractivity contribution is 5.73. The number of aliphatic hydroxyl groups is 1. The maximum Gasteiger partial charge on any atom is 0.200 e. The molecule has 0 aliphatic heterocycles. The summed E-state index contributed by atoms with van der Waals surface area (Å²) in [6, 6.07) is 5.60. The highest BCUT2D eigenvalue weighted by atomic mass is 16.3. The molecule has 16 heavy (non-hydrogen) atoms. The number of hydrogen-bond donors (Lipinski definition) is 1. The van der Waals surface area contributed by atoms with Crippen LogP contribution in [0.1, 0.15) is 45.3 Å². The van der Waals surface area contributed by atoms with E-state index in [-0.39, 0.29) is 5.41 Å². The number of nitrogens with zero attached hydrogens (tertiary/aromatic N) is 1. The molecule has 86 valence electrons. The molecule has 0 spiro atoms. The lowest BCUT2D eigenvalue weighted by atomic mass is 9.97. The summed E-state index contributed by atoms with van der Waals surface area (Å²) in [4.78, 5) is 4.45. The average molecular weight is 219 g/mol. The van der Waals surface area contributed by atoms with Crippen LogP contribution in [-0.4, -0.2) is 10.1 Å². The number of benzene rings is 1. The van der Waals surface area contributed by atoms with Crippen LogP contribution < -0.4 is 0 Å². The maximum atomic E-state index is 9.49. The van der Waals surface area contributed by atoms with Gasteiger partial charge in [-0.05, 0) is 24.6 Å². The van der Waals surface area contributed by atoms with Gasteiger partial charge >= 0.3 is 0 Å². The summed E-state index contributed by atoms with van der Waals surface area (Å²) >= 11 is 0. The zero-order valence-corrected chi connectivity index (χ0v) is 10.1. The Morgan fingerprint density at radius 2 is 2.00 bits per heavy atom. The minimum atomic E-state index is -0.473. The van der Waals surface area contributed by atoms with Gasteiger partial charge < -0.3 is 9.52 Å². The number of hydrogen-bond acceptors (Lipinski definition) is 3. The molecule has 0 radical (unpaired) electrons. The fourth-order valence-electron chi connectivity index (χ4n) is 1.53. The van der Waals surface area contributed by atoms with Crippen molar-refractivity contribution in [3.05, 3.63) is 29.7 Å². The largest absolute Gasteiger partial charge is 0.440 e. The van der Waals surface area contributed by atoms with Crippen LogP contribution in [0.5, 0.6) is 0 Å². The second-order valence-electron chi connectivity index (χ2n) is 5.17. The lowest BCUT2D eigenvalue weighted by Crippen LogP contribution is -2.10. The number of oxazole rings is 1. The minimum Gasteiger partial charge on any atom is -0.440 e. The Balaban J connectivity index is 2.54. The zero-order chi connectivity index (χ0) is 11.9. The molecule has 2 aromatic rings. The molecule has 0 aliphatic rings. The van der Waals surface area contributed by atoms with Crippen molar-refractivity contribution in [3.63, 3.8) is 0 Å². The first-order valence-electron chi connectivity index (χ1n) is 5.47. The molecule has 0 aliphatic carbocycles. The Kier molecular flexibility index (Phi) is 2.50. The van der Waals surface area contributed by atoms with Crippen LogP contribution in [0, 0.1) is 0 Å². The van der Waals surface area contributed by atoms with Gasteiger partial charge in [-0.2, -0.15) is 0 Å². The molecule has 3 heteroatoms. The molecule has 0 amide bonds. The van der Waals surface area contributed by atoms with Crippen molar-refractivity contribution in [2.24, 2.45) is 0 Å². The van der Waals surface area contributed by atoms with Crippen molar-refractivity contribution in [2.75, 3.05) is 0 Å². The van der Waals surface area contributed by atoms with E-state index in [2.05, 4.69) is 25.8 Å². The van der Waals surface area contributed by atoms with Crippen LogP contribution in [-0.2, 0) is 5.41 Å². The van der Waals surface area contributed by atoms with Crippen LogP contribution >= 0.6 is 0 Å². The van der Waals surface area contributed by atoms with Gasteiger partial charge in [0.25, 0.3) is 0 Å². The van der Waals surface area contributed by atoms with E-state index < -0.39 is 6.10 Å². The lowest BCUT2D eigenvalue weighted by molar-refractivity contribution is 0.199. The van der Waals surface area contributed by atoms with Crippen molar-refractivity contribution in [1.29, 1.82) is 0 Å². The van der Waals surface area contributed by atoms with Gasteiger partial charge in [-0.3, -0.25) is 0 Å². The van der Waals surface area contributed by atoms with Gasteiger partial charge in [0, 0.05) is 5.41 Å². The fraction of sp³-hybridized carbons (Fsp3) is 0.462. The molecule has 1 unspecified atom stereocenters. The highest BCUT2D eigenvalue weighted by Gasteiger charge is 2.21. The third-order valence-corrected chi connectivity index (χ3v) is 2.54. The molecular formula is C13H17NO2. The van der Waals surface area contributed by atoms with Gasteiger partial charge in [0.15, 0.2) is 5.58 Å². The Labute approximate surface area is 95.1 Å². The topological polar surface area (TPSA) is 46.3 Å².